The van der Waals surface area contributed by atoms with E-state index in [1.54, 1.807) is 12.1 Å². The van der Waals surface area contributed by atoms with Gasteiger partial charge >= 0.3 is 5.97 Å². The second kappa shape index (κ2) is 5.83. The number of phenols is 1. The van der Waals surface area contributed by atoms with Crippen molar-refractivity contribution in [3.05, 3.63) is 47.8 Å². The molecule has 0 fully saturated rings. The van der Waals surface area contributed by atoms with Crippen LogP contribution in [-0.4, -0.2) is 23.3 Å². The first-order valence-corrected chi connectivity index (χ1v) is 6.33. The Morgan fingerprint density at radius 2 is 1.95 bits per heavy atom. The SMILES string of the molecule is COc1ccc(-c2ccc(C(C)C(=O)O)cc2F)cc1O. The number of carboxylic acid groups (broad SMARTS) is 1. The van der Waals surface area contributed by atoms with E-state index in [4.69, 9.17) is 9.84 Å². The highest BCUT2D eigenvalue weighted by molar-refractivity contribution is 5.76. The van der Waals surface area contributed by atoms with Gasteiger partial charge in [0.05, 0.1) is 13.0 Å². The summed E-state index contributed by atoms with van der Waals surface area (Å²) in [7, 11) is 1.43. The van der Waals surface area contributed by atoms with Crippen LogP contribution in [0.1, 0.15) is 18.4 Å². The molecule has 5 heteroatoms. The van der Waals surface area contributed by atoms with E-state index >= 15 is 0 Å². The zero-order valence-electron chi connectivity index (χ0n) is 11.6. The van der Waals surface area contributed by atoms with Gasteiger partial charge in [-0.05, 0) is 36.2 Å². The molecule has 0 aliphatic heterocycles. The Kier molecular flexibility index (Phi) is 4.12. The van der Waals surface area contributed by atoms with Gasteiger partial charge in [0.15, 0.2) is 11.5 Å². The van der Waals surface area contributed by atoms with E-state index in [9.17, 15) is 14.3 Å². The third-order valence-electron chi connectivity index (χ3n) is 3.35. The fourth-order valence-electron chi connectivity index (χ4n) is 2.03. The molecule has 2 aromatic rings. The first kappa shape index (κ1) is 14.8. The minimum Gasteiger partial charge on any atom is -0.504 e. The fourth-order valence-corrected chi connectivity index (χ4v) is 2.03. The van der Waals surface area contributed by atoms with Gasteiger partial charge in [0.1, 0.15) is 5.82 Å². The Labute approximate surface area is 121 Å². The minimum absolute atomic E-state index is 0.0858. The van der Waals surface area contributed by atoms with Crippen molar-refractivity contribution in [2.75, 3.05) is 7.11 Å². The number of carboxylic acids is 1. The molecule has 4 nitrogen and oxygen atoms in total. The first-order valence-electron chi connectivity index (χ1n) is 6.33. The van der Waals surface area contributed by atoms with Crippen molar-refractivity contribution in [3.8, 4) is 22.6 Å². The summed E-state index contributed by atoms with van der Waals surface area (Å²) < 4.78 is 19.1. The van der Waals surface area contributed by atoms with E-state index in [0.717, 1.165) is 0 Å². The lowest BCUT2D eigenvalue weighted by molar-refractivity contribution is -0.138. The van der Waals surface area contributed by atoms with Gasteiger partial charge in [0.25, 0.3) is 0 Å². The highest BCUT2D eigenvalue weighted by Gasteiger charge is 2.16. The zero-order chi connectivity index (χ0) is 15.6. The van der Waals surface area contributed by atoms with E-state index in [1.165, 1.54) is 38.3 Å². The second-order valence-corrected chi connectivity index (χ2v) is 4.69. The van der Waals surface area contributed by atoms with Crippen molar-refractivity contribution < 1.29 is 24.1 Å². The molecule has 0 spiro atoms. The van der Waals surface area contributed by atoms with E-state index in [1.807, 2.05) is 0 Å². The van der Waals surface area contributed by atoms with Crippen LogP contribution in [0.3, 0.4) is 0 Å². The van der Waals surface area contributed by atoms with Gasteiger partial charge in [-0.3, -0.25) is 4.79 Å². The Bertz CT molecular complexity index is 682. The van der Waals surface area contributed by atoms with Crippen LogP contribution in [0.15, 0.2) is 36.4 Å². The number of methoxy groups -OCH3 is 1. The fraction of sp³-hybridized carbons (Fsp3) is 0.188. The van der Waals surface area contributed by atoms with Gasteiger partial charge in [-0.15, -0.1) is 0 Å². The standard InChI is InChI=1S/C16H15FO4/c1-9(16(19)20)10-3-5-12(13(17)7-10)11-4-6-15(21-2)14(18)8-11/h3-9,18H,1-2H3,(H,19,20). The summed E-state index contributed by atoms with van der Waals surface area (Å²) in [5.74, 6) is -2.11. The summed E-state index contributed by atoms with van der Waals surface area (Å²) in [6.45, 7) is 1.50. The van der Waals surface area contributed by atoms with Crippen molar-refractivity contribution in [1.82, 2.24) is 0 Å². The molecular weight excluding hydrogens is 275 g/mol. The number of rotatable bonds is 4. The first-order chi connectivity index (χ1) is 9.93. The van der Waals surface area contributed by atoms with Crippen molar-refractivity contribution in [2.45, 2.75) is 12.8 Å². The Morgan fingerprint density at radius 1 is 1.24 bits per heavy atom. The molecule has 2 aromatic carbocycles. The molecule has 0 aromatic heterocycles. The lowest BCUT2D eigenvalue weighted by Crippen LogP contribution is -2.07. The maximum absolute atomic E-state index is 14.2. The largest absolute Gasteiger partial charge is 0.504 e. The van der Waals surface area contributed by atoms with Crippen molar-refractivity contribution in [3.63, 3.8) is 0 Å². The normalized spacial score (nSPS) is 12.0. The third-order valence-corrected chi connectivity index (χ3v) is 3.35. The Balaban J connectivity index is 2.41. The van der Waals surface area contributed by atoms with E-state index < -0.39 is 17.7 Å². The molecule has 2 rings (SSSR count). The summed E-state index contributed by atoms with van der Waals surface area (Å²) in [6.07, 6.45) is 0. The molecule has 0 saturated heterocycles. The molecule has 0 radical (unpaired) electrons. The molecule has 0 aliphatic rings. The van der Waals surface area contributed by atoms with Crippen molar-refractivity contribution >= 4 is 5.97 Å². The molecule has 1 unspecified atom stereocenters. The summed E-state index contributed by atoms with van der Waals surface area (Å²) in [5.41, 5.74) is 1.16. The predicted octanol–water partition coefficient (Wildman–Crippen LogP) is 3.40. The lowest BCUT2D eigenvalue weighted by Gasteiger charge is -2.11. The second-order valence-electron chi connectivity index (χ2n) is 4.69. The van der Waals surface area contributed by atoms with Gasteiger partial charge < -0.3 is 14.9 Å². The van der Waals surface area contributed by atoms with Gasteiger partial charge in [-0.1, -0.05) is 18.2 Å². The smallest absolute Gasteiger partial charge is 0.310 e. The number of aliphatic carboxylic acids is 1. The number of aromatic hydroxyl groups is 1. The van der Waals surface area contributed by atoms with Gasteiger partial charge in [-0.25, -0.2) is 4.39 Å². The van der Waals surface area contributed by atoms with Crippen LogP contribution in [0.25, 0.3) is 11.1 Å². The number of carbonyl (C=O) groups is 1. The van der Waals surface area contributed by atoms with Crippen LogP contribution in [0, 0.1) is 5.82 Å². The maximum Gasteiger partial charge on any atom is 0.310 e. The van der Waals surface area contributed by atoms with Crippen LogP contribution in [-0.2, 0) is 4.79 Å². The predicted molar refractivity (Wildman–Crippen MR) is 76.1 cm³/mol. The van der Waals surface area contributed by atoms with Crippen LogP contribution in [0.2, 0.25) is 0 Å². The monoisotopic (exact) mass is 290 g/mol. The van der Waals surface area contributed by atoms with E-state index in [0.29, 0.717) is 16.9 Å². The van der Waals surface area contributed by atoms with Crippen LogP contribution < -0.4 is 4.74 Å². The van der Waals surface area contributed by atoms with E-state index in [2.05, 4.69) is 0 Å². The van der Waals surface area contributed by atoms with Gasteiger partial charge in [0.2, 0.25) is 0 Å². The molecule has 0 saturated carbocycles. The average Bonchev–Trinajstić information content (AvgIpc) is 2.46. The van der Waals surface area contributed by atoms with Crippen molar-refractivity contribution in [2.24, 2.45) is 0 Å². The molecule has 110 valence electrons. The summed E-state index contributed by atoms with van der Waals surface area (Å²) in [6, 6.07) is 8.84. The highest BCUT2D eigenvalue weighted by atomic mass is 19.1. The summed E-state index contributed by atoms with van der Waals surface area (Å²) in [4.78, 5) is 10.9. The van der Waals surface area contributed by atoms with Crippen molar-refractivity contribution in [1.29, 1.82) is 0 Å². The van der Waals surface area contributed by atoms with Gasteiger partial charge in [0, 0.05) is 5.56 Å². The molecule has 0 bridgehead atoms. The molecular formula is C16H15FO4. The number of hydrogen-bond acceptors (Lipinski definition) is 3. The Hall–Kier alpha value is -2.56. The number of halogens is 1. The molecule has 2 N–H and O–H groups in total. The van der Waals surface area contributed by atoms with E-state index in [-0.39, 0.29) is 11.3 Å². The molecule has 1 atom stereocenters. The topological polar surface area (TPSA) is 66.8 Å². The average molecular weight is 290 g/mol. The minimum atomic E-state index is -1.01. The maximum atomic E-state index is 14.2. The number of benzene rings is 2. The number of hydrogen-bond donors (Lipinski definition) is 2. The van der Waals surface area contributed by atoms with Crippen LogP contribution >= 0.6 is 0 Å². The number of ether oxygens (including phenoxy) is 1. The quantitative estimate of drug-likeness (QED) is 0.905. The van der Waals surface area contributed by atoms with Crippen LogP contribution in [0.5, 0.6) is 11.5 Å². The zero-order valence-corrected chi connectivity index (χ0v) is 11.6. The summed E-state index contributed by atoms with van der Waals surface area (Å²) >= 11 is 0. The molecule has 0 aliphatic carbocycles. The summed E-state index contributed by atoms with van der Waals surface area (Å²) in [5, 5.41) is 18.7. The third kappa shape index (κ3) is 2.97. The molecule has 0 amide bonds. The lowest BCUT2D eigenvalue weighted by atomic mass is 9.97. The Morgan fingerprint density at radius 3 is 2.48 bits per heavy atom. The van der Waals surface area contributed by atoms with Crippen LogP contribution in [0.4, 0.5) is 4.39 Å². The number of phenolic OH excluding ortho intramolecular Hbond substituents is 1. The highest BCUT2D eigenvalue weighted by Crippen LogP contribution is 2.33. The molecule has 0 heterocycles. The van der Waals surface area contributed by atoms with Gasteiger partial charge in [-0.2, -0.15) is 0 Å². The molecule has 21 heavy (non-hydrogen) atoms.